The van der Waals surface area contributed by atoms with Crippen LogP contribution in [0, 0.1) is 13.8 Å². The highest BCUT2D eigenvalue weighted by molar-refractivity contribution is 8.00. The Labute approximate surface area is 157 Å². The summed E-state index contributed by atoms with van der Waals surface area (Å²) in [4.78, 5) is 35.9. The molecule has 6 heteroatoms. The number of Topliss-reactive ketones (excluding diaryl/α,β-unsaturated/α-hetero) is 1. The van der Waals surface area contributed by atoms with E-state index in [1.54, 1.807) is 24.3 Å². The summed E-state index contributed by atoms with van der Waals surface area (Å²) < 4.78 is 5.00. The summed E-state index contributed by atoms with van der Waals surface area (Å²) >= 11 is 1.39. The van der Waals surface area contributed by atoms with Crippen molar-refractivity contribution in [2.75, 3.05) is 17.7 Å². The van der Waals surface area contributed by atoms with Crippen LogP contribution < -0.4 is 5.32 Å². The second-order valence-corrected chi connectivity index (χ2v) is 6.92. The Balaban J connectivity index is 1.76. The zero-order chi connectivity index (χ0) is 19.1. The fraction of sp³-hybridized carbons (Fsp3) is 0.250. The quantitative estimate of drug-likeness (QED) is 0.456. The van der Waals surface area contributed by atoms with Gasteiger partial charge in [-0.3, -0.25) is 14.4 Å². The van der Waals surface area contributed by atoms with Gasteiger partial charge >= 0.3 is 5.97 Å². The van der Waals surface area contributed by atoms with E-state index >= 15 is 0 Å². The third kappa shape index (κ3) is 6.04. The van der Waals surface area contributed by atoms with Crippen molar-refractivity contribution < 1.29 is 19.1 Å². The standard InChI is InChI=1S/C20H21NO4S/c1-13-4-9-18(14(2)10-13)26-12-20(24)25-11-19(23)21-17-7-5-16(6-8-17)15(3)22/h4-10H,11-12H2,1-3H3,(H,21,23). The van der Waals surface area contributed by atoms with Crippen molar-refractivity contribution in [2.45, 2.75) is 25.7 Å². The van der Waals surface area contributed by atoms with Crippen molar-refractivity contribution in [3.63, 3.8) is 0 Å². The summed E-state index contributed by atoms with van der Waals surface area (Å²) in [5, 5.41) is 2.62. The molecule has 0 aliphatic carbocycles. The average Bonchev–Trinajstić information content (AvgIpc) is 2.59. The number of hydrogen-bond donors (Lipinski definition) is 1. The maximum Gasteiger partial charge on any atom is 0.316 e. The Morgan fingerprint density at radius 1 is 1.04 bits per heavy atom. The number of esters is 1. The second kappa shape index (κ2) is 9.20. The van der Waals surface area contributed by atoms with E-state index in [4.69, 9.17) is 4.74 Å². The molecule has 0 bridgehead atoms. The Hall–Kier alpha value is -2.60. The maximum absolute atomic E-state index is 11.8. The van der Waals surface area contributed by atoms with E-state index in [2.05, 4.69) is 11.4 Å². The lowest BCUT2D eigenvalue weighted by Crippen LogP contribution is -2.21. The molecule has 0 aliphatic rings. The third-order valence-corrected chi connectivity index (χ3v) is 4.76. The summed E-state index contributed by atoms with van der Waals surface area (Å²) in [6, 6.07) is 12.5. The van der Waals surface area contributed by atoms with Crippen molar-refractivity contribution in [3.8, 4) is 0 Å². The number of amides is 1. The van der Waals surface area contributed by atoms with Crippen molar-refractivity contribution in [1.29, 1.82) is 0 Å². The van der Waals surface area contributed by atoms with E-state index in [0.717, 1.165) is 10.5 Å². The third-order valence-electron chi connectivity index (χ3n) is 3.62. The van der Waals surface area contributed by atoms with Crippen LogP contribution in [-0.2, 0) is 14.3 Å². The Kier molecular flexibility index (Phi) is 6.97. The molecule has 0 spiro atoms. The molecule has 0 unspecified atom stereocenters. The molecule has 0 aromatic heterocycles. The number of rotatable bonds is 7. The predicted octanol–water partition coefficient (Wildman–Crippen LogP) is 3.78. The average molecular weight is 371 g/mol. The summed E-state index contributed by atoms with van der Waals surface area (Å²) in [6.07, 6.45) is 0. The fourth-order valence-corrected chi connectivity index (χ4v) is 3.08. The van der Waals surface area contributed by atoms with Gasteiger partial charge < -0.3 is 10.1 Å². The van der Waals surface area contributed by atoms with Crippen LogP contribution in [0.4, 0.5) is 5.69 Å². The lowest BCUT2D eigenvalue weighted by Gasteiger charge is -2.08. The summed E-state index contributed by atoms with van der Waals surface area (Å²) in [5.41, 5.74) is 3.38. The normalized spacial score (nSPS) is 10.3. The predicted molar refractivity (Wildman–Crippen MR) is 103 cm³/mol. The molecule has 0 fully saturated rings. The minimum Gasteiger partial charge on any atom is -0.455 e. The molecule has 2 rings (SSSR count). The van der Waals surface area contributed by atoms with Crippen LogP contribution >= 0.6 is 11.8 Å². The van der Waals surface area contributed by atoms with Crippen LogP contribution in [0.15, 0.2) is 47.4 Å². The van der Waals surface area contributed by atoms with E-state index in [-0.39, 0.29) is 18.1 Å². The van der Waals surface area contributed by atoms with Crippen LogP contribution in [0.25, 0.3) is 0 Å². The van der Waals surface area contributed by atoms with E-state index in [1.807, 2.05) is 26.0 Å². The summed E-state index contributed by atoms with van der Waals surface area (Å²) in [6.45, 7) is 5.14. The molecule has 0 atom stereocenters. The van der Waals surface area contributed by atoms with Crippen LogP contribution in [-0.4, -0.2) is 30.0 Å². The van der Waals surface area contributed by atoms with Gasteiger partial charge in [-0.15, -0.1) is 11.8 Å². The molecule has 5 nitrogen and oxygen atoms in total. The first-order valence-corrected chi connectivity index (χ1v) is 9.10. The highest BCUT2D eigenvalue weighted by Gasteiger charge is 2.10. The number of thioether (sulfide) groups is 1. The molecular formula is C20H21NO4S. The van der Waals surface area contributed by atoms with E-state index in [0.29, 0.717) is 11.3 Å². The molecule has 2 aromatic carbocycles. The molecule has 0 saturated heterocycles. The van der Waals surface area contributed by atoms with Crippen LogP contribution in [0.5, 0.6) is 0 Å². The van der Waals surface area contributed by atoms with Crippen LogP contribution in [0.2, 0.25) is 0 Å². The minimum atomic E-state index is -0.447. The maximum atomic E-state index is 11.8. The molecule has 26 heavy (non-hydrogen) atoms. The highest BCUT2D eigenvalue weighted by atomic mass is 32.2. The number of carbonyl (C=O) groups is 3. The van der Waals surface area contributed by atoms with Gasteiger partial charge in [0.15, 0.2) is 12.4 Å². The van der Waals surface area contributed by atoms with E-state index in [9.17, 15) is 14.4 Å². The zero-order valence-electron chi connectivity index (χ0n) is 15.0. The second-order valence-electron chi connectivity index (χ2n) is 5.90. The van der Waals surface area contributed by atoms with Gasteiger partial charge in [0, 0.05) is 16.1 Å². The van der Waals surface area contributed by atoms with Gasteiger partial charge in [0.1, 0.15) is 0 Å². The first-order chi connectivity index (χ1) is 12.3. The molecule has 0 aliphatic heterocycles. The van der Waals surface area contributed by atoms with Gasteiger partial charge in [-0.2, -0.15) is 0 Å². The SMILES string of the molecule is CC(=O)c1ccc(NC(=O)COC(=O)CSc2ccc(C)cc2C)cc1. The van der Waals surface area contributed by atoms with Crippen molar-refractivity contribution in [2.24, 2.45) is 0 Å². The first kappa shape index (κ1) is 19.7. The molecule has 2 aromatic rings. The fourth-order valence-electron chi connectivity index (χ4n) is 2.27. The zero-order valence-corrected chi connectivity index (χ0v) is 15.8. The number of ketones is 1. The Morgan fingerprint density at radius 3 is 2.35 bits per heavy atom. The number of benzene rings is 2. The number of ether oxygens (including phenoxy) is 1. The van der Waals surface area contributed by atoms with Crippen molar-refractivity contribution in [1.82, 2.24) is 0 Å². The van der Waals surface area contributed by atoms with Gasteiger partial charge in [0.2, 0.25) is 0 Å². The summed E-state index contributed by atoms with van der Waals surface area (Å²) in [7, 11) is 0. The molecular weight excluding hydrogens is 350 g/mol. The molecule has 0 radical (unpaired) electrons. The highest BCUT2D eigenvalue weighted by Crippen LogP contribution is 2.23. The van der Waals surface area contributed by atoms with E-state index in [1.165, 1.54) is 24.2 Å². The summed E-state index contributed by atoms with van der Waals surface area (Å²) in [5.74, 6) is -0.773. The van der Waals surface area contributed by atoms with Crippen molar-refractivity contribution in [3.05, 3.63) is 59.2 Å². The largest absolute Gasteiger partial charge is 0.455 e. The molecule has 1 N–H and O–H groups in total. The number of carbonyl (C=O) groups excluding carboxylic acids is 3. The van der Waals surface area contributed by atoms with Gasteiger partial charge in [0.25, 0.3) is 5.91 Å². The van der Waals surface area contributed by atoms with Gasteiger partial charge in [0.05, 0.1) is 5.75 Å². The van der Waals surface area contributed by atoms with E-state index < -0.39 is 11.9 Å². The molecule has 136 valence electrons. The number of anilines is 1. The monoisotopic (exact) mass is 371 g/mol. The van der Waals surface area contributed by atoms with Crippen LogP contribution in [0.3, 0.4) is 0 Å². The van der Waals surface area contributed by atoms with Gasteiger partial charge in [-0.1, -0.05) is 17.7 Å². The Bertz CT molecular complexity index is 815. The molecule has 1 amide bonds. The van der Waals surface area contributed by atoms with Crippen molar-refractivity contribution >= 4 is 35.1 Å². The number of aryl methyl sites for hydroxylation is 2. The molecule has 0 heterocycles. The lowest BCUT2D eigenvalue weighted by molar-refractivity contribution is -0.144. The lowest BCUT2D eigenvalue weighted by atomic mass is 10.1. The van der Waals surface area contributed by atoms with Gasteiger partial charge in [-0.25, -0.2) is 0 Å². The minimum absolute atomic E-state index is 0.0434. The number of hydrogen-bond acceptors (Lipinski definition) is 5. The molecule has 0 saturated carbocycles. The van der Waals surface area contributed by atoms with Gasteiger partial charge in [-0.05, 0) is 56.7 Å². The number of nitrogens with one attached hydrogen (secondary N) is 1. The Morgan fingerprint density at radius 2 is 1.73 bits per heavy atom. The smallest absolute Gasteiger partial charge is 0.316 e. The first-order valence-electron chi connectivity index (χ1n) is 8.11. The van der Waals surface area contributed by atoms with Crippen LogP contribution in [0.1, 0.15) is 28.4 Å². The topological polar surface area (TPSA) is 72.5 Å².